The van der Waals surface area contributed by atoms with Gasteiger partial charge in [-0.3, -0.25) is 0 Å². The number of rotatable bonds is 7. The molecule has 0 bridgehead atoms. The van der Waals surface area contributed by atoms with Crippen LogP contribution >= 0.6 is 0 Å². The maximum absolute atomic E-state index is 11.8. The van der Waals surface area contributed by atoms with E-state index in [2.05, 4.69) is 17.2 Å². The molecule has 0 aromatic heterocycles. The van der Waals surface area contributed by atoms with Crippen LogP contribution in [0.25, 0.3) is 0 Å². The summed E-state index contributed by atoms with van der Waals surface area (Å²) in [5.41, 5.74) is -0.148. The van der Waals surface area contributed by atoms with Crippen LogP contribution in [-0.4, -0.2) is 41.9 Å². The van der Waals surface area contributed by atoms with Crippen molar-refractivity contribution in [2.24, 2.45) is 5.41 Å². The molecule has 114 valence electrons. The van der Waals surface area contributed by atoms with Crippen molar-refractivity contribution in [3.8, 4) is 0 Å². The van der Waals surface area contributed by atoms with Crippen LogP contribution in [0, 0.1) is 5.41 Å². The molecule has 3 N–H and O–H groups in total. The molecule has 0 aliphatic heterocycles. The van der Waals surface area contributed by atoms with Gasteiger partial charge in [0.2, 0.25) is 0 Å². The third kappa shape index (κ3) is 3.72. The third-order valence-electron chi connectivity index (χ3n) is 3.86. The summed E-state index contributed by atoms with van der Waals surface area (Å²) in [6, 6.07) is -1.43. The number of carboxylic acids is 1. The highest BCUT2D eigenvalue weighted by molar-refractivity contribution is 5.82. The van der Waals surface area contributed by atoms with Gasteiger partial charge in [0.05, 0.1) is 6.10 Å². The lowest BCUT2D eigenvalue weighted by atomic mass is 9.64. The number of aliphatic carboxylic acids is 1. The van der Waals surface area contributed by atoms with E-state index in [1.807, 2.05) is 20.8 Å². The molecule has 6 heteroatoms. The molecule has 0 aromatic rings. The largest absolute Gasteiger partial charge is 0.480 e. The van der Waals surface area contributed by atoms with Crippen molar-refractivity contribution >= 4 is 12.0 Å². The van der Waals surface area contributed by atoms with E-state index >= 15 is 0 Å². The first-order valence-electron chi connectivity index (χ1n) is 6.85. The van der Waals surface area contributed by atoms with Crippen LogP contribution in [0.1, 0.15) is 33.6 Å². The number of nitrogens with one attached hydrogen (secondary N) is 2. The molecule has 6 nitrogen and oxygen atoms in total. The van der Waals surface area contributed by atoms with Gasteiger partial charge < -0.3 is 20.5 Å². The zero-order chi connectivity index (χ0) is 15.3. The second-order valence-corrected chi connectivity index (χ2v) is 5.59. The van der Waals surface area contributed by atoms with E-state index in [-0.39, 0.29) is 24.0 Å². The van der Waals surface area contributed by atoms with E-state index in [0.717, 1.165) is 6.42 Å². The van der Waals surface area contributed by atoms with E-state index in [0.29, 0.717) is 6.61 Å². The van der Waals surface area contributed by atoms with E-state index in [4.69, 9.17) is 9.84 Å². The lowest BCUT2D eigenvalue weighted by Gasteiger charge is -2.51. The summed E-state index contributed by atoms with van der Waals surface area (Å²) in [5.74, 6) is -1.07. The fourth-order valence-corrected chi connectivity index (χ4v) is 2.36. The molecule has 0 heterocycles. The van der Waals surface area contributed by atoms with Crippen molar-refractivity contribution in [2.75, 3.05) is 6.61 Å². The number of hydrogen-bond acceptors (Lipinski definition) is 3. The molecular weight excluding hydrogens is 260 g/mol. The van der Waals surface area contributed by atoms with Crippen LogP contribution in [0.15, 0.2) is 12.7 Å². The molecule has 0 spiro atoms. The highest BCUT2D eigenvalue weighted by Gasteiger charge is 2.49. The van der Waals surface area contributed by atoms with E-state index in [9.17, 15) is 9.59 Å². The summed E-state index contributed by atoms with van der Waals surface area (Å²) in [6.07, 6.45) is 2.53. The van der Waals surface area contributed by atoms with Crippen LogP contribution in [0.4, 0.5) is 4.79 Å². The van der Waals surface area contributed by atoms with Crippen LogP contribution < -0.4 is 10.6 Å². The first-order chi connectivity index (χ1) is 9.32. The average Bonchev–Trinajstić information content (AvgIpc) is 2.37. The number of ether oxygens (including phenoxy) is 1. The fraction of sp³-hybridized carbons (Fsp3) is 0.714. The molecular formula is C14H24N2O4. The Labute approximate surface area is 119 Å². The second-order valence-electron chi connectivity index (χ2n) is 5.59. The van der Waals surface area contributed by atoms with Gasteiger partial charge in [-0.1, -0.05) is 19.9 Å². The normalized spacial score (nSPS) is 25.1. The van der Waals surface area contributed by atoms with Crippen LogP contribution in [0.5, 0.6) is 0 Å². The maximum atomic E-state index is 11.8. The van der Waals surface area contributed by atoms with Gasteiger partial charge in [-0.2, -0.15) is 0 Å². The van der Waals surface area contributed by atoms with Gasteiger partial charge in [0, 0.05) is 18.1 Å². The minimum absolute atomic E-state index is 0.0165. The molecule has 20 heavy (non-hydrogen) atoms. The summed E-state index contributed by atoms with van der Waals surface area (Å²) < 4.78 is 5.58. The molecule has 1 saturated carbocycles. The Morgan fingerprint density at radius 2 is 2.20 bits per heavy atom. The highest BCUT2D eigenvalue weighted by Crippen LogP contribution is 2.42. The topological polar surface area (TPSA) is 87.7 Å². The molecule has 2 amide bonds. The number of hydrogen-bond donors (Lipinski definition) is 3. The van der Waals surface area contributed by atoms with Gasteiger partial charge in [0.25, 0.3) is 0 Å². The van der Waals surface area contributed by atoms with Crippen LogP contribution in [-0.2, 0) is 9.53 Å². The predicted molar refractivity (Wildman–Crippen MR) is 75.5 cm³/mol. The van der Waals surface area contributed by atoms with Gasteiger partial charge in [-0.05, 0) is 19.8 Å². The molecule has 1 aliphatic carbocycles. The highest BCUT2D eigenvalue weighted by atomic mass is 16.5. The number of carboxylic acid groups (broad SMARTS) is 1. The fourth-order valence-electron chi connectivity index (χ4n) is 2.36. The molecule has 1 aliphatic rings. The lowest BCUT2D eigenvalue weighted by molar-refractivity contribution is -0.139. The number of carbonyl (C=O) groups is 2. The predicted octanol–water partition coefficient (Wildman–Crippen LogP) is 1.52. The van der Waals surface area contributed by atoms with Crippen molar-refractivity contribution in [1.29, 1.82) is 0 Å². The molecule has 3 atom stereocenters. The number of carbonyl (C=O) groups excluding carboxylic acids is 1. The average molecular weight is 284 g/mol. The minimum Gasteiger partial charge on any atom is -0.480 e. The maximum Gasteiger partial charge on any atom is 0.326 e. The molecule has 1 fully saturated rings. The van der Waals surface area contributed by atoms with Gasteiger partial charge >= 0.3 is 12.0 Å². The molecule has 0 saturated heterocycles. The first-order valence-corrected chi connectivity index (χ1v) is 6.85. The molecule has 3 unspecified atom stereocenters. The van der Waals surface area contributed by atoms with E-state index in [1.165, 1.54) is 6.08 Å². The van der Waals surface area contributed by atoms with Gasteiger partial charge in [0.15, 0.2) is 0 Å². The standard InChI is InChI=1S/C14H24N2O4/c1-5-7-9(12(17)18)15-13(19)16-10-8-11(20-6-2)14(10,3)4/h5,9-11H,1,6-8H2,2-4H3,(H,17,18)(H2,15,16,19). The monoisotopic (exact) mass is 284 g/mol. The Hall–Kier alpha value is -1.56. The van der Waals surface area contributed by atoms with Crippen molar-refractivity contribution < 1.29 is 19.4 Å². The zero-order valence-corrected chi connectivity index (χ0v) is 12.3. The molecule has 0 aromatic carbocycles. The Bertz CT molecular complexity index is 381. The quantitative estimate of drug-likeness (QED) is 0.618. The van der Waals surface area contributed by atoms with Crippen molar-refractivity contribution in [3.05, 3.63) is 12.7 Å². The van der Waals surface area contributed by atoms with Gasteiger partial charge in [-0.15, -0.1) is 6.58 Å². The summed E-state index contributed by atoms with van der Waals surface area (Å²) >= 11 is 0. The zero-order valence-electron chi connectivity index (χ0n) is 12.3. The molecule has 1 rings (SSSR count). The minimum atomic E-state index is -1.07. The summed E-state index contributed by atoms with van der Waals surface area (Å²) in [4.78, 5) is 22.8. The lowest BCUT2D eigenvalue weighted by Crippen LogP contribution is -2.64. The number of amides is 2. The summed E-state index contributed by atoms with van der Waals surface area (Å²) in [6.45, 7) is 10.1. The van der Waals surface area contributed by atoms with E-state index in [1.54, 1.807) is 0 Å². The van der Waals surface area contributed by atoms with E-state index < -0.39 is 18.0 Å². The number of urea groups is 1. The second kappa shape index (κ2) is 6.74. The Morgan fingerprint density at radius 1 is 1.55 bits per heavy atom. The SMILES string of the molecule is C=CCC(NC(=O)NC1CC(OCC)C1(C)C)C(=O)O. The van der Waals surface area contributed by atoms with Crippen molar-refractivity contribution in [1.82, 2.24) is 10.6 Å². The first kappa shape index (κ1) is 16.5. The van der Waals surface area contributed by atoms with Crippen LogP contribution in [0.3, 0.4) is 0 Å². The summed E-state index contributed by atoms with van der Waals surface area (Å²) in [7, 11) is 0. The summed E-state index contributed by atoms with van der Waals surface area (Å²) in [5, 5.41) is 14.2. The molecule has 0 radical (unpaired) electrons. The smallest absolute Gasteiger partial charge is 0.326 e. The van der Waals surface area contributed by atoms with Crippen LogP contribution in [0.2, 0.25) is 0 Å². The van der Waals surface area contributed by atoms with Crippen molar-refractivity contribution in [3.63, 3.8) is 0 Å². The Balaban J connectivity index is 2.47. The van der Waals surface area contributed by atoms with Gasteiger partial charge in [-0.25, -0.2) is 9.59 Å². The van der Waals surface area contributed by atoms with Crippen molar-refractivity contribution in [2.45, 2.75) is 51.8 Å². The van der Waals surface area contributed by atoms with Gasteiger partial charge in [0.1, 0.15) is 6.04 Å². The Kier molecular flexibility index (Phi) is 5.56. The Morgan fingerprint density at radius 3 is 2.65 bits per heavy atom. The third-order valence-corrected chi connectivity index (χ3v) is 3.86.